The van der Waals surface area contributed by atoms with Crippen molar-refractivity contribution in [2.24, 2.45) is 5.92 Å². The van der Waals surface area contributed by atoms with Crippen molar-refractivity contribution < 1.29 is 0 Å². The number of hydrogen-bond donors (Lipinski definition) is 1. The predicted molar refractivity (Wildman–Crippen MR) is 97.5 cm³/mol. The lowest BCUT2D eigenvalue weighted by Crippen LogP contribution is -2.49. The quantitative estimate of drug-likeness (QED) is 0.922. The van der Waals surface area contributed by atoms with E-state index >= 15 is 0 Å². The molecule has 0 atom stereocenters. The Labute approximate surface area is 140 Å². The van der Waals surface area contributed by atoms with Gasteiger partial charge in [-0.05, 0) is 57.5 Å². The molecule has 4 rings (SSSR count). The highest BCUT2D eigenvalue weighted by molar-refractivity contribution is 5.69. The minimum absolute atomic E-state index is 0.919. The molecule has 3 aliphatic heterocycles. The monoisotopic (exact) mass is 314 g/mol. The first-order valence-electron chi connectivity index (χ1n) is 9.31. The fourth-order valence-electron chi connectivity index (χ4n) is 4.40. The normalized spacial score (nSPS) is 23.8. The van der Waals surface area contributed by atoms with Gasteiger partial charge in [-0.15, -0.1) is 0 Å². The van der Waals surface area contributed by atoms with Crippen molar-refractivity contribution in [2.75, 3.05) is 69.6 Å². The highest BCUT2D eigenvalue weighted by Gasteiger charge is 2.25. The standard InChI is InChI=1S/C19H30N4/c1-21-9-6-16(7-10-21)15-22-11-13-23(14-12-22)19-4-2-3-18-17(19)5-8-20-18/h2-4,16,20H,5-15H2,1H3. The molecule has 23 heavy (non-hydrogen) atoms. The first-order chi connectivity index (χ1) is 11.3. The third-order valence-corrected chi connectivity index (χ3v) is 5.91. The summed E-state index contributed by atoms with van der Waals surface area (Å²) in [5.41, 5.74) is 4.37. The smallest absolute Gasteiger partial charge is 0.0421 e. The summed E-state index contributed by atoms with van der Waals surface area (Å²) in [4.78, 5) is 7.78. The van der Waals surface area contributed by atoms with Crippen LogP contribution in [0.1, 0.15) is 18.4 Å². The van der Waals surface area contributed by atoms with Crippen LogP contribution >= 0.6 is 0 Å². The van der Waals surface area contributed by atoms with Gasteiger partial charge in [0.1, 0.15) is 0 Å². The van der Waals surface area contributed by atoms with E-state index in [2.05, 4.69) is 45.3 Å². The average molecular weight is 314 g/mol. The summed E-state index contributed by atoms with van der Waals surface area (Å²) < 4.78 is 0. The second kappa shape index (κ2) is 6.70. The summed E-state index contributed by atoms with van der Waals surface area (Å²) >= 11 is 0. The van der Waals surface area contributed by atoms with E-state index in [-0.39, 0.29) is 0 Å². The molecule has 0 amide bonds. The van der Waals surface area contributed by atoms with E-state index in [1.165, 1.54) is 82.0 Å². The van der Waals surface area contributed by atoms with E-state index in [1.54, 1.807) is 0 Å². The highest BCUT2D eigenvalue weighted by Crippen LogP contribution is 2.32. The predicted octanol–water partition coefficient (Wildman–Crippen LogP) is 2.12. The molecule has 0 aliphatic carbocycles. The van der Waals surface area contributed by atoms with Gasteiger partial charge in [0.25, 0.3) is 0 Å². The topological polar surface area (TPSA) is 21.8 Å². The lowest BCUT2D eigenvalue weighted by atomic mass is 9.96. The summed E-state index contributed by atoms with van der Waals surface area (Å²) in [6, 6.07) is 6.75. The Morgan fingerprint density at radius 1 is 1.04 bits per heavy atom. The molecular formula is C19H30N4. The Hall–Kier alpha value is -1.26. The first kappa shape index (κ1) is 15.3. The minimum atomic E-state index is 0.919. The zero-order valence-corrected chi connectivity index (χ0v) is 14.4. The van der Waals surface area contributed by atoms with Gasteiger partial charge in [-0.2, -0.15) is 0 Å². The van der Waals surface area contributed by atoms with Crippen molar-refractivity contribution in [1.29, 1.82) is 0 Å². The van der Waals surface area contributed by atoms with E-state index in [0.29, 0.717) is 0 Å². The molecule has 0 radical (unpaired) electrons. The molecule has 3 heterocycles. The van der Waals surface area contributed by atoms with Gasteiger partial charge >= 0.3 is 0 Å². The van der Waals surface area contributed by atoms with Gasteiger partial charge in [0, 0.05) is 56.2 Å². The Kier molecular flexibility index (Phi) is 4.45. The first-order valence-corrected chi connectivity index (χ1v) is 9.31. The van der Waals surface area contributed by atoms with Crippen molar-refractivity contribution in [3.8, 4) is 0 Å². The van der Waals surface area contributed by atoms with Crippen LogP contribution in [-0.2, 0) is 6.42 Å². The van der Waals surface area contributed by atoms with Gasteiger partial charge < -0.3 is 15.1 Å². The third-order valence-electron chi connectivity index (χ3n) is 5.91. The van der Waals surface area contributed by atoms with Crippen LogP contribution in [0, 0.1) is 5.92 Å². The highest BCUT2D eigenvalue weighted by atomic mass is 15.3. The molecule has 1 aromatic rings. The van der Waals surface area contributed by atoms with Crippen LogP contribution in [0.2, 0.25) is 0 Å². The molecule has 1 N–H and O–H groups in total. The number of nitrogens with zero attached hydrogens (tertiary/aromatic N) is 3. The van der Waals surface area contributed by atoms with E-state index in [1.807, 2.05) is 0 Å². The number of likely N-dealkylation sites (tertiary alicyclic amines) is 1. The van der Waals surface area contributed by atoms with Crippen LogP contribution in [0.15, 0.2) is 18.2 Å². The average Bonchev–Trinajstić information content (AvgIpc) is 3.06. The lowest BCUT2D eigenvalue weighted by Gasteiger charge is -2.39. The van der Waals surface area contributed by atoms with Crippen LogP contribution in [0.25, 0.3) is 0 Å². The minimum Gasteiger partial charge on any atom is -0.384 e. The van der Waals surface area contributed by atoms with Gasteiger partial charge in [0.05, 0.1) is 0 Å². The summed E-state index contributed by atoms with van der Waals surface area (Å²) in [6.07, 6.45) is 3.95. The number of benzene rings is 1. The zero-order chi connectivity index (χ0) is 15.6. The summed E-state index contributed by atoms with van der Waals surface area (Å²) in [7, 11) is 2.25. The van der Waals surface area contributed by atoms with Crippen LogP contribution in [0.4, 0.5) is 11.4 Å². The van der Waals surface area contributed by atoms with E-state index in [4.69, 9.17) is 0 Å². The fraction of sp³-hybridized carbons (Fsp3) is 0.684. The summed E-state index contributed by atoms with van der Waals surface area (Å²) in [5, 5.41) is 3.51. The van der Waals surface area contributed by atoms with Gasteiger partial charge in [-0.1, -0.05) is 6.07 Å². The molecule has 0 unspecified atom stereocenters. The molecule has 3 aliphatic rings. The number of fused-ring (bicyclic) bond motifs is 1. The van der Waals surface area contributed by atoms with Gasteiger partial charge in [0.2, 0.25) is 0 Å². The molecule has 0 aromatic heterocycles. The lowest BCUT2D eigenvalue weighted by molar-refractivity contribution is 0.155. The van der Waals surface area contributed by atoms with Crippen LogP contribution in [-0.4, -0.2) is 69.2 Å². The van der Waals surface area contributed by atoms with Crippen LogP contribution in [0.5, 0.6) is 0 Å². The number of rotatable bonds is 3. The maximum atomic E-state index is 3.51. The molecule has 4 heteroatoms. The Bertz CT molecular complexity index is 528. The molecule has 2 saturated heterocycles. The van der Waals surface area contributed by atoms with Crippen LogP contribution in [0.3, 0.4) is 0 Å². The van der Waals surface area contributed by atoms with Crippen molar-refractivity contribution in [3.05, 3.63) is 23.8 Å². The number of piperidine rings is 1. The molecule has 1 aromatic carbocycles. The molecule has 4 nitrogen and oxygen atoms in total. The number of nitrogens with one attached hydrogen (secondary N) is 1. The van der Waals surface area contributed by atoms with Crippen molar-refractivity contribution >= 4 is 11.4 Å². The van der Waals surface area contributed by atoms with Gasteiger partial charge in [0.15, 0.2) is 0 Å². The van der Waals surface area contributed by atoms with Gasteiger partial charge in [-0.25, -0.2) is 0 Å². The SMILES string of the molecule is CN1CCC(CN2CCN(c3cccc4c3CCN4)CC2)CC1. The third kappa shape index (κ3) is 3.33. The number of piperazine rings is 1. The maximum absolute atomic E-state index is 3.51. The second-order valence-electron chi connectivity index (χ2n) is 7.51. The molecule has 0 bridgehead atoms. The van der Waals surface area contributed by atoms with Crippen molar-refractivity contribution in [1.82, 2.24) is 9.80 Å². The Morgan fingerprint density at radius 3 is 2.61 bits per heavy atom. The molecule has 0 saturated carbocycles. The Morgan fingerprint density at radius 2 is 1.83 bits per heavy atom. The van der Waals surface area contributed by atoms with Gasteiger partial charge in [-0.3, -0.25) is 4.90 Å². The molecule has 0 spiro atoms. The fourth-order valence-corrected chi connectivity index (χ4v) is 4.40. The zero-order valence-electron chi connectivity index (χ0n) is 14.4. The van der Waals surface area contributed by atoms with Crippen molar-refractivity contribution in [3.63, 3.8) is 0 Å². The van der Waals surface area contributed by atoms with Crippen molar-refractivity contribution in [2.45, 2.75) is 19.3 Å². The summed E-state index contributed by atoms with van der Waals surface area (Å²) in [6.45, 7) is 9.80. The maximum Gasteiger partial charge on any atom is 0.0421 e. The van der Waals surface area contributed by atoms with Crippen LogP contribution < -0.4 is 10.2 Å². The summed E-state index contributed by atoms with van der Waals surface area (Å²) in [5.74, 6) is 0.919. The number of anilines is 2. The largest absolute Gasteiger partial charge is 0.384 e. The second-order valence-corrected chi connectivity index (χ2v) is 7.51. The van der Waals surface area contributed by atoms with E-state index in [9.17, 15) is 0 Å². The number of hydrogen-bond acceptors (Lipinski definition) is 4. The Balaban J connectivity index is 1.32. The van der Waals surface area contributed by atoms with E-state index in [0.717, 1.165) is 12.5 Å². The molecule has 2 fully saturated rings. The van der Waals surface area contributed by atoms with E-state index < -0.39 is 0 Å². The molecular weight excluding hydrogens is 284 g/mol. The molecule has 126 valence electrons.